The van der Waals surface area contributed by atoms with Crippen LogP contribution in [0.3, 0.4) is 0 Å². The fraction of sp³-hybridized carbons (Fsp3) is 0.333. The number of thioether (sulfide) groups is 18. The standard InChI is InChI=1S/C30H22N2S18/c1-13-14(2)40-25(39-13)26-41-15(17-19(33-7-3-5-31)45-27(43-17)29-47-21-22(48-29)36-10-9-35-21)16(42-26)18-20(34-8-4-6-32)46-28(44-18)30-49-23-24(50-30)38-12-11-37-23/h3-4,7-12H2,1-2H3. The van der Waals surface area contributed by atoms with Crippen LogP contribution in [0.1, 0.15) is 26.7 Å². The Morgan fingerprint density at radius 3 is 1.12 bits per heavy atom. The molecule has 8 heterocycles. The predicted molar refractivity (Wildman–Crippen MR) is 261 cm³/mol. The molecular formula is C30H22N2S18. The van der Waals surface area contributed by atoms with Crippen LogP contribution in [0, 0.1) is 22.7 Å². The number of hydrogen-bond acceptors (Lipinski definition) is 20. The topological polar surface area (TPSA) is 47.6 Å². The van der Waals surface area contributed by atoms with Crippen LogP contribution in [-0.4, -0.2) is 34.5 Å². The van der Waals surface area contributed by atoms with E-state index in [-0.39, 0.29) is 0 Å². The molecule has 0 radical (unpaired) electrons. The van der Waals surface area contributed by atoms with Crippen LogP contribution in [0.15, 0.2) is 80.3 Å². The van der Waals surface area contributed by atoms with Crippen molar-refractivity contribution in [2.24, 2.45) is 0 Å². The summed E-state index contributed by atoms with van der Waals surface area (Å²) in [6.45, 7) is 4.48. The lowest BCUT2D eigenvalue weighted by Crippen LogP contribution is -1.88. The van der Waals surface area contributed by atoms with Crippen LogP contribution in [0.4, 0.5) is 0 Å². The molecule has 0 atom stereocenters. The molecule has 0 amide bonds. The highest BCUT2D eigenvalue weighted by Crippen LogP contribution is 2.73. The highest BCUT2D eigenvalue weighted by molar-refractivity contribution is 8.45. The SMILES string of the molecule is CC1=C(C)SC(=C2SC(C3=C(SCCC#N)SC(=C4SC5=C(SCCS5)S4)S3)=C(C3=C(SCCC#N)SC(=C4SC5=C(SCCS5)S4)S3)S2)S1. The number of hydrogen-bond donors (Lipinski definition) is 0. The largest absolute Gasteiger partial charge is 0.198 e. The van der Waals surface area contributed by atoms with Gasteiger partial charge in [-0.05, 0) is 23.7 Å². The van der Waals surface area contributed by atoms with Crippen LogP contribution in [-0.2, 0) is 0 Å². The maximum atomic E-state index is 9.45. The van der Waals surface area contributed by atoms with E-state index in [1.165, 1.54) is 103 Å². The molecule has 8 aliphatic heterocycles. The zero-order valence-electron chi connectivity index (χ0n) is 25.9. The Hall–Kier alpha value is 2.94. The van der Waals surface area contributed by atoms with Gasteiger partial charge in [0.05, 0.1) is 63.0 Å². The van der Waals surface area contributed by atoms with E-state index in [1.807, 2.05) is 212 Å². The molecule has 50 heavy (non-hydrogen) atoms. The van der Waals surface area contributed by atoms with Gasteiger partial charge in [0.1, 0.15) is 0 Å². The second kappa shape index (κ2) is 18.7. The summed E-state index contributed by atoms with van der Waals surface area (Å²) in [4.78, 5) is 8.25. The van der Waals surface area contributed by atoms with Gasteiger partial charge in [0.25, 0.3) is 0 Å². The summed E-state index contributed by atoms with van der Waals surface area (Å²) < 4.78 is 17.0. The Kier molecular flexibility index (Phi) is 14.9. The van der Waals surface area contributed by atoms with Gasteiger partial charge in [0.15, 0.2) is 0 Å². The van der Waals surface area contributed by atoms with Crippen LogP contribution < -0.4 is 0 Å². The molecule has 0 saturated heterocycles. The van der Waals surface area contributed by atoms with Gasteiger partial charge in [0, 0.05) is 67.0 Å². The van der Waals surface area contributed by atoms with Crippen molar-refractivity contribution in [2.75, 3.05) is 34.5 Å². The van der Waals surface area contributed by atoms with Gasteiger partial charge < -0.3 is 0 Å². The fourth-order valence-electron chi connectivity index (χ4n) is 4.39. The highest BCUT2D eigenvalue weighted by Gasteiger charge is 2.41. The van der Waals surface area contributed by atoms with Crippen molar-refractivity contribution in [1.82, 2.24) is 0 Å². The first-order chi connectivity index (χ1) is 24.5. The first-order valence-electron chi connectivity index (χ1n) is 14.8. The molecule has 2 nitrogen and oxygen atoms in total. The van der Waals surface area contributed by atoms with Crippen LogP contribution in [0.5, 0.6) is 0 Å². The lowest BCUT2D eigenvalue weighted by Gasteiger charge is -2.10. The van der Waals surface area contributed by atoms with Crippen LogP contribution in [0.25, 0.3) is 0 Å². The molecule has 8 aliphatic rings. The average Bonchev–Trinajstić information content (AvgIpc) is 3.96. The lowest BCUT2D eigenvalue weighted by molar-refractivity contribution is 1.24. The number of allylic oxidation sites excluding steroid dienone is 2. The van der Waals surface area contributed by atoms with Crippen molar-refractivity contribution in [3.8, 4) is 12.1 Å². The number of rotatable bonds is 8. The van der Waals surface area contributed by atoms with E-state index in [4.69, 9.17) is 0 Å². The van der Waals surface area contributed by atoms with E-state index < -0.39 is 0 Å². The van der Waals surface area contributed by atoms with E-state index in [0.717, 1.165) is 11.5 Å². The average molecular weight is 988 g/mol. The summed E-state index contributed by atoms with van der Waals surface area (Å²) >= 11 is 35.2. The molecule has 0 N–H and O–H groups in total. The third kappa shape index (κ3) is 8.98. The maximum absolute atomic E-state index is 9.45. The van der Waals surface area contributed by atoms with E-state index in [1.54, 1.807) is 0 Å². The van der Waals surface area contributed by atoms with Crippen molar-refractivity contribution >= 4 is 212 Å². The van der Waals surface area contributed by atoms with Gasteiger partial charge >= 0.3 is 0 Å². The van der Waals surface area contributed by atoms with Gasteiger partial charge in [-0.1, -0.05) is 141 Å². The van der Waals surface area contributed by atoms with E-state index in [0.29, 0.717) is 12.8 Å². The van der Waals surface area contributed by atoms with Crippen molar-refractivity contribution in [3.63, 3.8) is 0 Å². The third-order valence-corrected chi connectivity index (χ3v) is 33.4. The first-order valence-corrected chi connectivity index (χ1v) is 30.5. The molecule has 0 aromatic carbocycles. The second-order valence-electron chi connectivity index (χ2n) is 10.0. The molecule has 0 fully saturated rings. The van der Waals surface area contributed by atoms with Gasteiger partial charge in [0.2, 0.25) is 0 Å². The Bertz CT molecular complexity index is 1740. The summed E-state index contributed by atoms with van der Waals surface area (Å²) in [6.07, 6.45) is 1.09. The molecular weight excluding hydrogens is 966 g/mol. The molecule has 0 bridgehead atoms. The van der Waals surface area contributed by atoms with Crippen molar-refractivity contribution in [1.29, 1.82) is 10.5 Å². The van der Waals surface area contributed by atoms with E-state index in [2.05, 4.69) is 26.0 Å². The zero-order valence-corrected chi connectivity index (χ0v) is 40.6. The Balaban J connectivity index is 1.18. The summed E-state index contributed by atoms with van der Waals surface area (Å²) in [5.41, 5.74) is 0. The monoisotopic (exact) mass is 986 g/mol. The van der Waals surface area contributed by atoms with Crippen molar-refractivity contribution < 1.29 is 0 Å². The molecule has 8 rings (SSSR count). The first kappa shape index (κ1) is 39.8. The van der Waals surface area contributed by atoms with Crippen molar-refractivity contribution in [2.45, 2.75) is 26.7 Å². The van der Waals surface area contributed by atoms with Crippen LogP contribution in [0.2, 0.25) is 0 Å². The van der Waals surface area contributed by atoms with Gasteiger partial charge in [-0.25, -0.2) is 0 Å². The number of nitrogens with zero attached hydrogens (tertiary/aromatic N) is 2. The molecule has 0 aromatic rings. The Morgan fingerprint density at radius 1 is 0.420 bits per heavy atom. The minimum Gasteiger partial charge on any atom is -0.198 e. The normalized spacial score (nSPS) is 24.3. The van der Waals surface area contributed by atoms with Crippen LogP contribution >= 0.6 is 212 Å². The highest BCUT2D eigenvalue weighted by atomic mass is 32.3. The van der Waals surface area contributed by atoms with Gasteiger partial charge in [-0.15, -0.1) is 70.6 Å². The molecule has 0 unspecified atom stereocenters. The number of nitriles is 2. The van der Waals surface area contributed by atoms with E-state index in [9.17, 15) is 10.5 Å². The van der Waals surface area contributed by atoms with Gasteiger partial charge in [-0.2, -0.15) is 10.5 Å². The molecule has 0 spiro atoms. The summed E-state index contributed by atoms with van der Waals surface area (Å²) in [6, 6.07) is 4.75. The second-order valence-corrected chi connectivity index (χ2v) is 32.4. The minimum absolute atomic E-state index is 0.546. The fourth-order valence-corrected chi connectivity index (χ4v) is 31.3. The summed E-state index contributed by atoms with van der Waals surface area (Å²) in [5, 5.41) is 18.9. The Labute approximate surface area is 370 Å². The smallest absolute Gasteiger partial charge is 0.0717 e. The van der Waals surface area contributed by atoms with Crippen molar-refractivity contribution in [3.05, 3.63) is 80.3 Å². The molecule has 0 aromatic heterocycles. The quantitative estimate of drug-likeness (QED) is 0.217. The third-order valence-electron chi connectivity index (χ3n) is 6.69. The molecule has 0 aliphatic carbocycles. The summed E-state index contributed by atoms with van der Waals surface area (Å²) in [7, 11) is 0. The predicted octanol–water partition coefficient (Wildman–Crippen LogP) is 16.6. The van der Waals surface area contributed by atoms with Gasteiger partial charge in [-0.3, -0.25) is 0 Å². The maximum Gasteiger partial charge on any atom is 0.0717 e. The summed E-state index contributed by atoms with van der Waals surface area (Å²) in [5.74, 6) is 6.36. The molecule has 0 saturated carbocycles. The Morgan fingerprint density at radius 2 is 0.740 bits per heavy atom. The minimum atomic E-state index is 0.546. The van der Waals surface area contributed by atoms with E-state index >= 15 is 0 Å². The lowest BCUT2D eigenvalue weighted by atomic mass is 10.4. The molecule has 20 heteroatoms. The molecule has 260 valence electrons. The zero-order chi connectivity index (χ0) is 34.2.